The molecule has 1 aromatic rings. The molecule has 0 saturated carbocycles. The first kappa shape index (κ1) is 3.98. The fourth-order valence-corrected chi connectivity index (χ4v) is 0.258. The number of anilines is 1. The van der Waals surface area contributed by atoms with E-state index in [9.17, 15) is 0 Å². The number of nitrogens with two attached hydrogens (primary N) is 1. The van der Waals surface area contributed by atoms with Crippen molar-refractivity contribution in [1.82, 2.24) is 15.2 Å². The van der Waals surface area contributed by atoms with E-state index in [0.717, 1.165) is 0 Å². The number of aromatic nitrogens is 3. The molecule has 0 saturated heterocycles. The minimum Gasteiger partial charge on any atom is -0.381 e. The predicted octanol–water partition coefficient (Wildman–Crippen LogP) is -0.546. The van der Waals surface area contributed by atoms with E-state index in [1.165, 1.54) is 12.5 Å². The van der Waals surface area contributed by atoms with E-state index in [4.69, 9.17) is 5.73 Å². The summed E-state index contributed by atoms with van der Waals surface area (Å²) in [7, 11) is 0. The lowest BCUT2D eigenvalue weighted by atomic mass is 10.8. The van der Waals surface area contributed by atoms with E-state index < -0.39 is 0 Å². The first-order valence-corrected chi connectivity index (χ1v) is 1.78. The quantitative estimate of drug-likeness (QED) is 0.470. The first-order chi connectivity index (χ1) is 3.39. The number of nitrogen functional groups attached to an aromatic ring is 1. The second kappa shape index (κ2) is 1.51. The number of nitrogens with zero attached hydrogens (tertiary/aromatic N) is 3. The van der Waals surface area contributed by atoms with Gasteiger partial charge < -0.3 is 5.73 Å². The largest absolute Gasteiger partial charge is 0.381 e. The van der Waals surface area contributed by atoms with Crippen molar-refractivity contribution < 1.29 is 0 Å². The van der Waals surface area contributed by atoms with Crippen LogP contribution in [0.4, 0.5) is 5.82 Å². The highest BCUT2D eigenvalue weighted by Gasteiger charge is 1.76. The highest BCUT2D eigenvalue weighted by molar-refractivity contribution is 5.18. The van der Waals surface area contributed by atoms with Crippen LogP contribution in [-0.4, -0.2) is 15.2 Å². The van der Waals surface area contributed by atoms with E-state index in [2.05, 4.69) is 15.2 Å². The molecular formula is C3H4N4. The maximum atomic E-state index is 5.12. The third kappa shape index (κ3) is 0.819. The van der Waals surface area contributed by atoms with Crippen LogP contribution in [0.3, 0.4) is 0 Å². The Morgan fingerprint density at radius 3 is 2.71 bits per heavy atom. The van der Waals surface area contributed by atoms with Gasteiger partial charge >= 0.3 is 0 Å². The van der Waals surface area contributed by atoms with Gasteiger partial charge in [0, 0.05) is 0 Å². The normalized spacial score (nSPS) is 8.57. The SMILES string of the molecule is Nc1cncnn1. The Balaban J connectivity index is 3.02. The molecule has 0 aliphatic heterocycles. The van der Waals surface area contributed by atoms with Crippen molar-refractivity contribution in [3.05, 3.63) is 12.5 Å². The smallest absolute Gasteiger partial charge is 0.164 e. The van der Waals surface area contributed by atoms with E-state index in [0.29, 0.717) is 5.82 Å². The zero-order valence-corrected chi connectivity index (χ0v) is 3.57. The van der Waals surface area contributed by atoms with Crippen molar-refractivity contribution in [3.63, 3.8) is 0 Å². The zero-order valence-electron chi connectivity index (χ0n) is 3.57. The minimum absolute atomic E-state index is 0.350. The molecule has 0 amide bonds. The number of hydrogen-bond acceptors (Lipinski definition) is 4. The van der Waals surface area contributed by atoms with Crippen molar-refractivity contribution >= 4 is 5.82 Å². The van der Waals surface area contributed by atoms with Crippen molar-refractivity contribution in [2.24, 2.45) is 0 Å². The van der Waals surface area contributed by atoms with Crippen LogP contribution in [0.25, 0.3) is 0 Å². The zero-order chi connectivity index (χ0) is 5.11. The summed E-state index contributed by atoms with van der Waals surface area (Å²) in [6.07, 6.45) is 2.77. The fraction of sp³-hybridized carbons (Fsp3) is 0. The van der Waals surface area contributed by atoms with Crippen molar-refractivity contribution in [2.75, 3.05) is 5.73 Å². The van der Waals surface area contributed by atoms with E-state index >= 15 is 0 Å². The van der Waals surface area contributed by atoms with Crippen LogP contribution in [0.1, 0.15) is 0 Å². The molecule has 4 nitrogen and oxygen atoms in total. The molecule has 2 N–H and O–H groups in total. The molecule has 7 heavy (non-hydrogen) atoms. The van der Waals surface area contributed by atoms with Gasteiger partial charge in [0.05, 0.1) is 6.20 Å². The molecule has 0 bridgehead atoms. The highest BCUT2D eigenvalue weighted by Crippen LogP contribution is 1.81. The highest BCUT2D eigenvalue weighted by atomic mass is 15.2. The average Bonchev–Trinajstić information content (AvgIpc) is 1.69. The van der Waals surface area contributed by atoms with Gasteiger partial charge in [0.2, 0.25) is 0 Å². The lowest BCUT2D eigenvalue weighted by Gasteiger charge is -1.80. The van der Waals surface area contributed by atoms with Crippen LogP contribution in [0.2, 0.25) is 0 Å². The summed E-state index contributed by atoms with van der Waals surface area (Å²) < 4.78 is 0. The topological polar surface area (TPSA) is 64.7 Å². The monoisotopic (exact) mass is 96.0 g/mol. The molecule has 1 aromatic heterocycles. The molecule has 0 fully saturated rings. The summed E-state index contributed by atoms with van der Waals surface area (Å²) in [5, 5.41) is 6.84. The molecule has 0 aliphatic carbocycles. The van der Waals surface area contributed by atoms with Gasteiger partial charge in [-0.05, 0) is 0 Å². The van der Waals surface area contributed by atoms with Crippen LogP contribution in [0.5, 0.6) is 0 Å². The molecule has 0 spiro atoms. The Bertz CT molecular complexity index is 137. The van der Waals surface area contributed by atoms with Gasteiger partial charge in [0.1, 0.15) is 6.33 Å². The Kier molecular flexibility index (Phi) is 0.856. The molecule has 0 aromatic carbocycles. The Labute approximate surface area is 40.4 Å². The van der Waals surface area contributed by atoms with E-state index in [1.807, 2.05) is 0 Å². The summed E-state index contributed by atoms with van der Waals surface area (Å²) in [5.41, 5.74) is 5.12. The fourth-order valence-electron chi connectivity index (χ4n) is 0.258. The van der Waals surface area contributed by atoms with Crippen LogP contribution in [0, 0.1) is 0 Å². The predicted molar refractivity (Wildman–Crippen MR) is 24.2 cm³/mol. The maximum absolute atomic E-state index is 5.12. The number of hydrogen-bond donors (Lipinski definition) is 1. The molecule has 0 radical (unpaired) electrons. The van der Waals surface area contributed by atoms with Crippen molar-refractivity contribution in [3.8, 4) is 0 Å². The van der Waals surface area contributed by atoms with Gasteiger partial charge in [0.25, 0.3) is 0 Å². The second-order valence-electron chi connectivity index (χ2n) is 1.03. The molecule has 0 aliphatic rings. The van der Waals surface area contributed by atoms with Crippen LogP contribution < -0.4 is 5.73 Å². The molecule has 1 rings (SSSR count). The van der Waals surface area contributed by atoms with E-state index in [-0.39, 0.29) is 0 Å². The van der Waals surface area contributed by atoms with Gasteiger partial charge in [-0.15, -0.1) is 10.2 Å². The lowest BCUT2D eigenvalue weighted by molar-refractivity contribution is 0.980. The average molecular weight is 96.1 g/mol. The first-order valence-electron chi connectivity index (χ1n) is 1.78. The summed E-state index contributed by atoms with van der Waals surface area (Å²) >= 11 is 0. The van der Waals surface area contributed by atoms with Gasteiger partial charge in [0.15, 0.2) is 5.82 Å². The lowest BCUT2D eigenvalue weighted by Crippen LogP contribution is -1.91. The van der Waals surface area contributed by atoms with Gasteiger partial charge in [-0.3, -0.25) is 0 Å². The Hall–Kier alpha value is -1.19. The third-order valence-electron chi connectivity index (χ3n) is 0.498. The van der Waals surface area contributed by atoms with Crippen molar-refractivity contribution in [1.29, 1.82) is 0 Å². The standard InChI is InChI=1S/C3H4N4/c4-3-1-5-2-6-7-3/h1-2H,(H2,4,7). The van der Waals surface area contributed by atoms with Gasteiger partial charge in [-0.1, -0.05) is 0 Å². The third-order valence-corrected chi connectivity index (χ3v) is 0.498. The van der Waals surface area contributed by atoms with E-state index in [1.54, 1.807) is 0 Å². The molecule has 0 atom stereocenters. The van der Waals surface area contributed by atoms with Crippen LogP contribution in [-0.2, 0) is 0 Å². The van der Waals surface area contributed by atoms with Crippen LogP contribution >= 0.6 is 0 Å². The van der Waals surface area contributed by atoms with Crippen molar-refractivity contribution in [2.45, 2.75) is 0 Å². The second-order valence-corrected chi connectivity index (χ2v) is 1.03. The molecule has 36 valence electrons. The maximum Gasteiger partial charge on any atom is 0.164 e. The summed E-state index contributed by atoms with van der Waals surface area (Å²) in [6.45, 7) is 0. The van der Waals surface area contributed by atoms with Gasteiger partial charge in [-0.25, -0.2) is 4.98 Å². The van der Waals surface area contributed by atoms with Gasteiger partial charge in [-0.2, -0.15) is 0 Å². The molecule has 0 unspecified atom stereocenters. The molecule has 1 heterocycles. The molecule has 4 heteroatoms. The van der Waals surface area contributed by atoms with Crippen LogP contribution in [0.15, 0.2) is 12.5 Å². The Morgan fingerprint density at radius 2 is 2.43 bits per heavy atom. The summed E-state index contributed by atoms with van der Waals surface area (Å²) in [5.74, 6) is 0.350. The number of rotatable bonds is 0. The summed E-state index contributed by atoms with van der Waals surface area (Å²) in [6, 6.07) is 0. The summed E-state index contributed by atoms with van der Waals surface area (Å²) in [4.78, 5) is 3.59. The Morgan fingerprint density at radius 1 is 1.57 bits per heavy atom. The molecular weight excluding hydrogens is 92.1 g/mol. The minimum atomic E-state index is 0.350.